The first-order valence-electron chi connectivity index (χ1n) is 6.75. The summed E-state index contributed by atoms with van der Waals surface area (Å²) < 4.78 is 5.81. The second-order valence-corrected chi connectivity index (χ2v) is 6.58. The first kappa shape index (κ1) is 16.9. The average molecular weight is 379 g/mol. The molecule has 0 fully saturated rings. The van der Waals surface area contributed by atoms with Gasteiger partial charge in [0.05, 0.1) is 23.0 Å². The van der Waals surface area contributed by atoms with E-state index in [1.807, 2.05) is 0 Å². The Labute approximate surface area is 148 Å². The minimum absolute atomic E-state index is 0.0101. The van der Waals surface area contributed by atoms with Crippen LogP contribution in [0, 0.1) is 14.1 Å². The van der Waals surface area contributed by atoms with Crippen molar-refractivity contribution in [2.24, 2.45) is 4.99 Å². The number of benzene rings is 1. The maximum absolute atomic E-state index is 12.3. The number of non-ortho nitro benzene ring substituents is 1. The minimum Gasteiger partial charge on any atom is -0.493 e. The molecular formula is C14H9N3O6S2. The van der Waals surface area contributed by atoms with E-state index in [9.17, 15) is 24.8 Å². The molecule has 1 amide bonds. The lowest BCUT2D eigenvalue weighted by atomic mass is 10.1. The summed E-state index contributed by atoms with van der Waals surface area (Å²) in [6, 6.07) is 3.81. The van der Waals surface area contributed by atoms with Gasteiger partial charge in [0.15, 0.2) is 3.95 Å². The lowest BCUT2D eigenvalue weighted by Gasteiger charge is -2.03. The van der Waals surface area contributed by atoms with Crippen LogP contribution < -0.4 is 10.6 Å². The summed E-state index contributed by atoms with van der Waals surface area (Å²) in [7, 11) is 1.19. The summed E-state index contributed by atoms with van der Waals surface area (Å²) >= 11 is 6.02. The molecule has 0 bridgehead atoms. The lowest BCUT2D eigenvalue weighted by Crippen LogP contribution is -2.23. The molecule has 1 aromatic carbocycles. The van der Waals surface area contributed by atoms with Crippen molar-refractivity contribution in [3.63, 3.8) is 0 Å². The van der Waals surface area contributed by atoms with Gasteiger partial charge in [-0.1, -0.05) is 0 Å². The number of aromatic hydroxyl groups is 1. The summed E-state index contributed by atoms with van der Waals surface area (Å²) in [6.45, 7) is -0.321. The number of amides is 1. The molecule has 0 unspecified atom stereocenters. The van der Waals surface area contributed by atoms with Crippen LogP contribution in [0.15, 0.2) is 23.2 Å². The van der Waals surface area contributed by atoms with Crippen molar-refractivity contribution in [1.29, 1.82) is 0 Å². The summed E-state index contributed by atoms with van der Waals surface area (Å²) in [5.74, 6) is -1.66. The third kappa shape index (κ3) is 2.83. The number of carbonyl (C=O) groups excluding carboxylic acids is 2. The zero-order valence-corrected chi connectivity index (χ0v) is 14.2. The van der Waals surface area contributed by atoms with Crippen LogP contribution >= 0.6 is 23.6 Å². The van der Waals surface area contributed by atoms with Crippen molar-refractivity contribution >= 4 is 46.7 Å². The largest absolute Gasteiger partial charge is 0.493 e. The van der Waals surface area contributed by atoms with E-state index in [0.717, 1.165) is 15.9 Å². The number of hydrogen-bond donors (Lipinski definition) is 1. The highest BCUT2D eigenvalue weighted by atomic mass is 32.1. The highest BCUT2D eigenvalue weighted by Crippen LogP contribution is 2.32. The molecule has 1 aliphatic rings. The van der Waals surface area contributed by atoms with E-state index >= 15 is 0 Å². The first-order valence-corrected chi connectivity index (χ1v) is 7.97. The number of rotatable bonds is 4. The molecule has 9 nitrogen and oxygen atoms in total. The highest BCUT2D eigenvalue weighted by molar-refractivity contribution is 7.73. The van der Waals surface area contributed by atoms with Crippen molar-refractivity contribution in [2.75, 3.05) is 7.11 Å². The number of nitro benzene ring substituents is 1. The maximum Gasteiger partial charge on any atom is 0.325 e. The molecular weight excluding hydrogens is 370 g/mol. The number of esters is 1. The predicted octanol–water partition coefficient (Wildman–Crippen LogP) is 0.425. The standard InChI is InChI=1S/C14H9N3O6S2/c1-23-9(18)5-16-13(20)11(25-14(16)24)10-7-4-6(17(21)22)2-3-8(7)15-12(10)19/h2-4,20H,5H2,1H3. The molecule has 25 heavy (non-hydrogen) atoms. The van der Waals surface area contributed by atoms with E-state index in [2.05, 4.69) is 9.73 Å². The predicted molar refractivity (Wildman–Crippen MR) is 88.2 cm³/mol. The van der Waals surface area contributed by atoms with Crippen molar-refractivity contribution in [1.82, 2.24) is 4.57 Å². The number of nitrogens with zero attached hydrogens (tertiary/aromatic N) is 3. The molecule has 128 valence electrons. The van der Waals surface area contributed by atoms with Crippen molar-refractivity contribution < 1.29 is 24.4 Å². The van der Waals surface area contributed by atoms with Crippen LogP contribution in [0.3, 0.4) is 0 Å². The number of carbonyl (C=O) groups is 2. The number of aromatic nitrogens is 1. The van der Waals surface area contributed by atoms with Crippen LogP contribution in [0.1, 0.15) is 4.88 Å². The topological polar surface area (TPSA) is 124 Å². The van der Waals surface area contributed by atoms with Crippen LogP contribution in [0.25, 0.3) is 5.57 Å². The van der Waals surface area contributed by atoms with E-state index in [0.29, 0.717) is 0 Å². The molecule has 0 saturated heterocycles. The van der Waals surface area contributed by atoms with E-state index in [-0.39, 0.29) is 37.2 Å². The zero-order chi connectivity index (χ0) is 18.3. The van der Waals surface area contributed by atoms with Gasteiger partial charge < -0.3 is 9.84 Å². The zero-order valence-electron chi connectivity index (χ0n) is 12.6. The van der Waals surface area contributed by atoms with Crippen LogP contribution in [0.2, 0.25) is 0 Å². The van der Waals surface area contributed by atoms with Gasteiger partial charge in [0.25, 0.3) is 11.6 Å². The molecule has 0 saturated carbocycles. The molecule has 3 rings (SSSR count). The maximum atomic E-state index is 12.3. The van der Waals surface area contributed by atoms with Gasteiger partial charge in [0.1, 0.15) is 11.4 Å². The first-order chi connectivity index (χ1) is 11.8. The second kappa shape index (κ2) is 6.18. The van der Waals surface area contributed by atoms with E-state index in [1.165, 1.54) is 25.3 Å². The Morgan fingerprint density at radius 2 is 2.24 bits per heavy atom. The summed E-state index contributed by atoms with van der Waals surface area (Å²) in [5.41, 5.74) is -0.200. The summed E-state index contributed by atoms with van der Waals surface area (Å²) in [4.78, 5) is 38.0. The average Bonchev–Trinajstić information content (AvgIpc) is 3.03. The van der Waals surface area contributed by atoms with Crippen LogP contribution in [-0.2, 0) is 20.9 Å². The van der Waals surface area contributed by atoms with Gasteiger partial charge in [0.2, 0.25) is 5.88 Å². The molecule has 0 aliphatic carbocycles. The molecule has 2 aromatic rings. The lowest BCUT2D eigenvalue weighted by molar-refractivity contribution is -0.385. The second-order valence-electron chi connectivity index (χ2n) is 4.93. The van der Waals surface area contributed by atoms with Crippen molar-refractivity contribution in [3.05, 3.63) is 47.7 Å². The Hall–Kier alpha value is -2.92. The summed E-state index contributed by atoms with van der Waals surface area (Å²) in [5, 5.41) is 21.9. The quantitative estimate of drug-likeness (QED) is 0.353. The van der Waals surface area contributed by atoms with Gasteiger partial charge in [-0.3, -0.25) is 24.3 Å². The number of nitro groups is 1. The molecule has 0 atom stereocenters. The number of thiazole rings is 1. The SMILES string of the molecule is COC(=O)Cn1c(O)c(C2=c3cc([N+](=O)[O-])ccc3=NC2=O)sc1=S. The van der Waals surface area contributed by atoms with Gasteiger partial charge in [-0.25, -0.2) is 4.99 Å². The molecule has 2 heterocycles. The minimum atomic E-state index is -0.646. The molecule has 0 radical (unpaired) electrons. The number of methoxy groups -OCH3 is 1. The number of fused-ring (bicyclic) bond motifs is 1. The van der Waals surface area contributed by atoms with Crippen LogP contribution in [0.5, 0.6) is 5.88 Å². The van der Waals surface area contributed by atoms with Crippen LogP contribution in [0.4, 0.5) is 5.69 Å². The van der Waals surface area contributed by atoms with E-state index in [1.54, 1.807) is 0 Å². The van der Waals surface area contributed by atoms with Crippen LogP contribution in [-0.4, -0.2) is 33.6 Å². The van der Waals surface area contributed by atoms with Gasteiger partial charge >= 0.3 is 5.97 Å². The monoisotopic (exact) mass is 379 g/mol. The third-order valence-corrected chi connectivity index (χ3v) is 4.96. The normalized spacial score (nSPS) is 12.7. The van der Waals surface area contributed by atoms with Gasteiger partial charge in [-0.15, -0.1) is 11.3 Å². The van der Waals surface area contributed by atoms with Gasteiger partial charge in [-0.2, -0.15) is 0 Å². The van der Waals surface area contributed by atoms with Crippen molar-refractivity contribution in [2.45, 2.75) is 6.54 Å². The molecule has 1 N–H and O–H groups in total. The fraction of sp³-hybridized carbons (Fsp3) is 0.143. The van der Waals surface area contributed by atoms with E-state index < -0.39 is 22.7 Å². The molecule has 1 aromatic heterocycles. The molecule has 1 aliphatic heterocycles. The Morgan fingerprint density at radius 1 is 1.52 bits per heavy atom. The Morgan fingerprint density at radius 3 is 2.88 bits per heavy atom. The third-order valence-electron chi connectivity index (χ3n) is 3.51. The van der Waals surface area contributed by atoms with Gasteiger partial charge in [-0.05, 0) is 18.3 Å². The Balaban J connectivity index is 2.26. The van der Waals surface area contributed by atoms with Gasteiger partial charge in [0, 0.05) is 17.4 Å². The fourth-order valence-corrected chi connectivity index (χ4v) is 3.67. The fourth-order valence-electron chi connectivity index (χ4n) is 2.33. The Bertz CT molecular complexity index is 1110. The highest BCUT2D eigenvalue weighted by Gasteiger charge is 2.26. The van der Waals surface area contributed by atoms with E-state index in [4.69, 9.17) is 12.2 Å². The Kier molecular flexibility index (Phi) is 4.18. The smallest absolute Gasteiger partial charge is 0.325 e. The van der Waals surface area contributed by atoms with Crippen molar-refractivity contribution in [3.8, 4) is 5.88 Å². The number of ether oxygens (including phenoxy) is 1. The number of hydrogen-bond acceptors (Lipinski definition) is 8. The molecule has 11 heteroatoms. The summed E-state index contributed by atoms with van der Waals surface area (Å²) in [6.07, 6.45) is 0. The molecule has 0 spiro atoms.